The normalized spacial score (nSPS) is 19.2. The molecular formula is C12H16FN3O3. The molecule has 0 saturated carbocycles. The molecule has 6 nitrogen and oxygen atoms in total. The number of ether oxygens (including phenoxy) is 1. The zero-order valence-electron chi connectivity index (χ0n) is 10.6. The van der Waals surface area contributed by atoms with Crippen molar-refractivity contribution in [2.75, 3.05) is 38.2 Å². The molecule has 1 unspecified atom stereocenters. The van der Waals surface area contributed by atoms with Gasteiger partial charge >= 0.3 is 0 Å². The molecule has 1 aromatic carbocycles. The number of benzene rings is 1. The minimum Gasteiger partial charge on any atom is -0.374 e. The number of hydrogen-bond donors (Lipinski definition) is 1. The Morgan fingerprint density at radius 3 is 3.00 bits per heavy atom. The summed E-state index contributed by atoms with van der Waals surface area (Å²) in [4.78, 5) is 11.6. The minimum atomic E-state index is -0.610. The van der Waals surface area contributed by atoms with E-state index in [1.807, 2.05) is 0 Å². The number of anilines is 1. The van der Waals surface area contributed by atoms with Crippen molar-refractivity contribution in [3.8, 4) is 0 Å². The summed E-state index contributed by atoms with van der Waals surface area (Å²) in [5.41, 5.74) is 0.0880. The fraction of sp³-hybridized carbons (Fsp3) is 0.500. The molecule has 1 atom stereocenters. The molecule has 1 saturated heterocycles. The molecule has 1 N–H and O–H groups in total. The van der Waals surface area contributed by atoms with Gasteiger partial charge in [0.2, 0.25) is 0 Å². The summed E-state index contributed by atoms with van der Waals surface area (Å²) >= 11 is 0. The first-order valence-electron chi connectivity index (χ1n) is 6.05. The van der Waals surface area contributed by atoms with Crippen LogP contribution in [0.25, 0.3) is 0 Å². The van der Waals surface area contributed by atoms with Crippen LogP contribution >= 0.6 is 0 Å². The maximum absolute atomic E-state index is 13.8. The van der Waals surface area contributed by atoms with Crippen molar-refractivity contribution in [3.63, 3.8) is 0 Å². The highest BCUT2D eigenvalue weighted by molar-refractivity contribution is 5.51. The number of rotatable bonds is 4. The van der Waals surface area contributed by atoms with Crippen molar-refractivity contribution in [1.29, 1.82) is 0 Å². The summed E-state index contributed by atoms with van der Waals surface area (Å²) in [5.74, 6) is -0.597. The molecule has 0 bridgehead atoms. The third kappa shape index (κ3) is 3.39. The molecule has 1 aliphatic rings. The molecule has 0 aliphatic carbocycles. The molecule has 1 aliphatic heterocycles. The molecule has 1 aromatic rings. The lowest BCUT2D eigenvalue weighted by Gasteiger charge is -2.29. The van der Waals surface area contributed by atoms with Crippen LogP contribution in [0.3, 0.4) is 0 Å². The molecule has 1 fully saturated rings. The van der Waals surface area contributed by atoms with Crippen LogP contribution in [0.15, 0.2) is 18.2 Å². The second kappa shape index (κ2) is 5.94. The predicted molar refractivity (Wildman–Crippen MR) is 68.9 cm³/mol. The van der Waals surface area contributed by atoms with E-state index in [4.69, 9.17) is 4.74 Å². The SMILES string of the molecule is CN(CC1CNCCO1)c1ccc([N+](=O)[O-])cc1F. The van der Waals surface area contributed by atoms with Crippen molar-refractivity contribution < 1.29 is 14.1 Å². The van der Waals surface area contributed by atoms with Crippen LogP contribution in [0.2, 0.25) is 0 Å². The zero-order chi connectivity index (χ0) is 13.8. The third-order valence-corrected chi connectivity index (χ3v) is 3.04. The maximum Gasteiger partial charge on any atom is 0.272 e. The van der Waals surface area contributed by atoms with Crippen LogP contribution in [0, 0.1) is 15.9 Å². The zero-order valence-corrected chi connectivity index (χ0v) is 10.6. The van der Waals surface area contributed by atoms with E-state index in [2.05, 4.69) is 5.32 Å². The average molecular weight is 269 g/mol. The summed E-state index contributed by atoms with van der Waals surface area (Å²) in [5, 5.41) is 13.7. The van der Waals surface area contributed by atoms with Gasteiger partial charge in [-0.25, -0.2) is 4.39 Å². The molecular weight excluding hydrogens is 253 g/mol. The van der Waals surface area contributed by atoms with E-state index in [1.54, 1.807) is 11.9 Å². The third-order valence-electron chi connectivity index (χ3n) is 3.04. The number of nitrogens with one attached hydrogen (secondary N) is 1. The second-order valence-corrected chi connectivity index (χ2v) is 4.47. The summed E-state index contributed by atoms with van der Waals surface area (Å²) in [7, 11) is 1.74. The lowest BCUT2D eigenvalue weighted by atomic mass is 10.2. The number of nitro benzene ring substituents is 1. The number of halogens is 1. The fourth-order valence-electron chi connectivity index (χ4n) is 2.06. The van der Waals surface area contributed by atoms with Gasteiger partial charge in [0.05, 0.1) is 29.4 Å². The maximum atomic E-state index is 13.8. The van der Waals surface area contributed by atoms with Gasteiger partial charge in [-0.3, -0.25) is 10.1 Å². The van der Waals surface area contributed by atoms with E-state index in [0.29, 0.717) is 18.8 Å². The first-order valence-corrected chi connectivity index (χ1v) is 6.05. The van der Waals surface area contributed by atoms with Crippen molar-refractivity contribution in [2.45, 2.75) is 6.10 Å². The summed E-state index contributed by atoms with van der Waals surface area (Å²) < 4.78 is 19.3. The number of likely N-dealkylation sites (N-methyl/N-ethyl adjacent to an activating group) is 1. The van der Waals surface area contributed by atoms with Gasteiger partial charge in [0.25, 0.3) is 5.69 Å². The van der Waals surface area contributed by atoms with E-state index < -0.39 is 10.7 Å². The summed E-state index contributed by atoms with van der Waals surface area (Å²) in [6.07, 6.45) is -0.00616. The lowest BCUT2D eigenvalue weighted by molar-refractivity contribution is -0.385. The van der Waals surface area contributed by atoms with Crippen molar-refractivity contribution in [1.82, 2.24) is 5.32 Å². The Bertz CT molecular complexity index is 464. The van der Waals surface area contributed by atoms with Crippen molar-refractivity contribution in [2.24, 2.45) is 0 Å². The van der Waals surface area contributed by atoms with Gasteiger partial charge in [0.15, 0.2) is 5.82 Å². The Balaban J connectivity index is 2.05. The van der Waals surface area contributed by atoms with E-state index in [0.717, 1.165) is 19.2 Å². The van der Waals surface area contributed by atoms with Crippen LogP contribution in [-0.4, -0.2) is 44.3 Å². The first-order chi connectivity index (χ1) is 9.08. The Morgan fingerprint density at radius 2 is 2.42 bits per heavy atom. The van der Waals surface area contributed by atoms with E-state index in [-0.39, 0.29) is 11.8 Å². The van der Waals surface area contributed by atoms with E-state index in [1.165, 1.54) is 12.1 Å². The molecule has 0 amide bonds. The smallest absolute Gasteiger partial charge is 0.272 e. The molecule has 0 radical (unpaired) electrons. The van der Waals surface area contributed by atoms with Gasteiger partial charge in [0, 0.05) is 32.7 Å². The number of nitrogens with zero attached hydrogens (tertiary/aromatic N) is 2. The second-order valence-electron chi connectivity index (χ2n) is 4.47. The quantitative estimate of drug-likeness (QED) is 0.656. The summed E-state index contributed by atoms with van der Waals surface area (Å²) in [6, 6.07) is 3.66. The summed E-state index contributed by atoms with van der Waals surface area (Å²) in [6.45, 7) is 2.72. The lowest BCUT2D eigenvalue weighted by Crippen LogP contribution is -2.44. The number of morpholine rings is 1. The molecule has 104 valence electrons. The standard InChI is InChI=1S/C12H16FN3O3/c1-15(8-10-7-14-4-5-19-10)12-3-2-9(16(17)18)6-11(12)13/h2-3,6,10,14H,4-5,7-8H2,1H3. The van der Waals surface area contributed by atoms with Crippen LogP contribution in [0.4, 0.5) is 15.8 Å². The van der Waals surface area contributed by atoms with Gasteiger partial charge in [-0.15, -0.1) is 0 Å². The van der Waals surface area contributed by atoms with Gasteiger partial charge in [0.1, 0.15) is 0 Å². The van der Waals surface area contributed by atoms with Crippen LogP contribution in [-0.2, 0) is 4.74 Å². The average Bonchev–Trinajstić information content (AvgIpc) is 2.39. The highest BCUT2D eigenvalue weighted by Crippen LogP contribution is 2.23. The van der Waals surface area contributed by atoms with E-state index in [9.17, 15) is 14.5 Å². The highest BCUT2D eigenvalue weighted by atomic mass is 19.1. The molecule has 7 heteroatoms. The van der Waals surface area contributed by atoms with Gasteiger partial charge in [-0.05, 0) is 6.07 Å². The Kier molecular flexibility index (Phi) is 4.28. The van der Waals surface area contributed by atoms with Crippen LogP contribution in [0.1, 0.15) is 0 Å². The van der Waals surface area contributed by atoms with Gasteiger partial charge in [-0.1, -0.05) is 0 Å². The Labute approximate surface area is 110 Å². The molecule has 0 spiro atoms. The van der Waals surface area contributed by atoms with Crippen LogP contribution in [0.5, 0.6) is 0 Å². The van der Waals surface area contributed by atoms with E-state index >= 15 is 0 Å². The predicted octanol–water partition coefficient (Wildman–Crippen LogP) is 1.16. The molecule has 1 heterocycles. The number of nitro groups is 1. The molecule has 2 rings (SSSR count). The topological polar surface area (TPSA) is 67.6 Å². The minimum absolute atomic E-state index is 0.00616. The fourth-order valence-corrected chi connectivity index (χ4v) is 2.06. The van der Waals surface area contributed by atoms with Crippen molar-refractivity contribution >= 4 is 11.4 Å². The molecule has 0 aromatic heterocycles. The van der Waals surface area contributed by atoms with Crippen molar-refractivity contribution in [3.05, 3.63) is 34.1 Å². The van der Waals surface area contributed by atoms with Gasteiger partial charge in [-0.2, -0.15) is 0 Å². The monoisotopic (exact) mass is 269 g/mol. The number of non-ortho nitro benzene ring substituents is 1. The first kappa shape index (κ1) is 13.7. The highest BCUT2D eigenvalue weighted by Gasteiger charge is 2.19. The Hall–Kier alpha value is -1.73. The Morgan fingerprint density at radius 1 is 1.63 bits per heavy atom. The number of hydrogen-bond acceptors (Lipinski definition) is 5. The molecule has 19 heavy (non-hydrogen) atoms. The van der Waals surface area contributed by atoms with Crippen LogP contribution < -0.4 is 10.2 Å². The largest absolute Gasteiger partial charge is 0.374 e. The van der Waals surface area contributed by atoms with Gasteiger partial charge < -0.3 is 15.0 Å².